The van der Waals surface area contributed by atoms with Crippen LogP contribution in [0.15, 0.2) is 72.8 Å². The summed E-state index contributed by atoms with van der Waals surface area (Å²) < 4.78 is 39.2. The van der Waals surface area contributed by atoms with Crippen LogP contribution in [0.2, 0.25) is 10.0 Å². The van der Waals surface area contributed by atoms with Gasteiger partial charge in [-0.25, -0.2) is 9.59 Å². The van der Waals surface area contributed by atoms with Crippen LogP contribution in [0.25, 0.3) is 0 Å². The summed E-state index contributed by atoms with van der Waals surface area (Å²) >= 11 is 12.0. The molecule has 8 rings (SSSR count). The molecule has 6 N–H and O–H groups in total. The van der Waals surface area contributed by atoms with Crippen molar-refractivity contribution in [3.63, 3.8) is 0 Å². The smallest absolute Gasteiger partial charge is 0.334 e. The van der Waals surface area contributed by atoms with E-state index in [0.717, 1.165) is 17.2 Å². The summed E-state index contributed by atoms with van der Waals surface area (Å²) in [7, 11) is 0. The summed E-state index contributed by atoms with van der Waals surface area (Å²) in [6, 6.07) is 16.0. The van der Waals surface area contributed by atoms with E-state index in [4.69, 9.17) is 23.2 Å². The zero-order valence-electron chi connectivity index (χ0n) is 34.3. The molecule has 0 aliphatic carbocycles. The SMILES string of the molecule is Cc1ccc(NC(=O)NCc2ccc3c(c2)CN(C2CCC(=O)NC2=O)C3=O)cc1C(F)(F)F.O=C1CCC(N2Cc3cc(CNC(=O)Nc4cc(Cl)ccc4Cl)ccc3C2=O)C(=O)N1. The van der Waals surface area contributed by atoms with Crippen molar-refractivity contribution in [3.8, 4) is 0 Å². The van der Waals surface area contributed by atoms with E-state index < -0.39 is 47.7 Å². The highest BCUT2D eigenvalue weighted by molar-refractivity contribution is 6.35. The Morgan fingerprint density at radius 2 is 1.18 bits per heavy atom. The van der Waals surface area contributed by atoms with Crippen LogP contribution in [-0.4, -0.2) is 69.4 Å². The van der Waals surface area contributed by atoms with Gasteiger partial charge >= 0.3 is 18.2 Å². The van der Waals surface area contributed by atoms with E-state index >= 15 is 0 Å². The second-order valence-corrected chi connectivity index (χ2v) is 16.4. The van der Waals surface area contributed by atoms with Gasteiger partial charge in [0.2, 0.25) is 23.6 Å². The molecule has 4 heterocycles. The van der Waals surface area contributed by atoms with Crippen molar-refractivity contribution in [1.82, 2.24) is 31.1 Å². The monoisotopic (exact) mass is 934 g/mol. The van der Waals surface area contributed by atoms with E-state index in [1.807, 2.05) is 6.07 Å². The number of imide groups is 2. The zero-order chi connectivity index (χ0) is 46.7. The second-order valence-electron chi connectivity index (χ2n) is 15.5. The number of urea groups is 2. The maximum Gasteiger partial charge on any atom is 0.416 e. The van der Waals surface area contributed by atoms with Gasteiger partial charge in [0.15, 0.2) is 0 Å². The number of anilines is 2. The van der Waals surface area contributed by atoms with E-state index in [-0.39, 0.29) is 80.3 Å². The summed E-state index contributed by atoms with van der Waals surface area (Å²) in [4.78, 5) is 99.8. The van der Waals surface area contributed by atoms with Crippen molar-refractivity contribution >= 4 is 82.1 Å². The number of fused-ring (bicyclic) bond motifs is 2. The molecule has 2 atom stereocenters. The number of carbonyl (C=O) groups excluding carboxylic acids is 8. The maximum atomic E-state index is 13.1. The van der Waals surface area contributed by atoms with Gasteiger partial charge in [0.25, 0.3) is 11.8 Å². The Morgan fingerprint density at radius 3 is 1.68 bits per heavy atom. The molecule has 4 aromatic carbocycles. The normalized spacial score (nSPS) is 17.9. The highest BCUT2D eigenvalue weighted by atomic mass is 35.5. The fraction of sp³-hybridized carbons (Fsp3) is 0.273. The second kappa shape index (κ2) is 19.0. The first-order chi connectivity index (χ1) is 30.8. The molecule has 4 aliphatic rings. The molecule has 4 aliphatic heterocycles. The van der Waals surface area contributed by atoms with Gasteiger partial charge in [-0.2, -0.15) is 13.2 Å². The number of benzene rings is 4. The Labute approximate surface area is 378 Å². The molecule has 65 heavy (non-hydrogen) atoms. The lowest BCUT2D eigenvalue weighted by molar-refractivity contribution is -0.138. The Bertz CT molecular complexity index is 2660. The predicted molar refractivity (Wildman–Crippen MR) is 229 cm³/mol. The minimum Gasteiger partial charge on any atom is -0.334 e. The molecular weight excluding hydrogens is 896 g/mol. The Morgan fingerprint density at radius 1 is 0.677 bits per heavy atom. The number of halogens is 5. The summed E-state index contributed by atoms with van der Waals surface area (Å²) in [5.41, 5.74) is 3.51. The predicted octanol–water partition coefficient (Wildman–Crippen LogP) is 6.17. The van der Waals surface area contributed by atoms with Gasteiger partial charge in [0.05, 0.1) is 16.3 Å². The number of amides is 10. The zero-order valence-corrected chi connectivity index (χ0v) is 35.8. The number of nitrogens with one attached hydrogen (secondary N) is 6. The summed E-state index contributed by atoms with van der Waals surface area (Å²) in [5.74, 6) is -2.18. The highest BCUT2D eigenvalue weighted by Gasteiger charge is 2.40. The summed E-state index contributed by atoms with van der Waals surface area (Å²) in [5, 5.41) is 15.7. The number of hydrogen-bond donors (Lipinski definition) is 6. The van der Waals surface area contributed by atoms with E-state index in [1.54, 1.807) is 48.5 Å². The maximum absolute atomic E-state index is 13.1. The van der Waals surface area contributed by atoms with E-state index in [9.17, 15) is 51.5 Å². The van der Waals surface area contributed by atoms with Crippen LogP contribution in [0, 0.1) is 6.92 Å². The third kappa shape index (κ3) is 10.7. The number of rotatable bonds is 8. The highest BCUT2D eigenvalue weighted by Crippen LogP contribution is 2.34. The molecule has 2 unspecified atom stereocenters. The topological polar surface area (TPSA) is 215 Å². The first kappa shape index (κ1) is 46.0. The molecule has 16 nitrogen and oxygen atoms in total. The number of piperidine rings is 2. The third-order valence-electron chi connectivity index (χ3n) is 11.1. The third-order valence-corrected chi connectivity index (χ3v) is 11.6. The molecule has 10 amide bonds. The van der Waals surface area contributed by atoms with E-state index in [1.165, 1.54) is 28.9 Å². The molecule has 2 fully saturated rings. The average molecular weight is 936 g/mol. The van der Waals surface area contributed by atoms with E-state index in [2.05, 4.69) is 31.9 Å². The van der Waals surface area contributed by atoms with Crippen LogP contribution in [0.5, 0.6) is 0 Å². The first-order valence-electron chi connectivity index (χ1n) is 20.1. The lowest BCUT2D eigenvalue weighted by Gasteiger charge is -2.29. The van der Waals surface area contributed by atoms with Gasteiger partial charge in [-0.1, -0.05) is 53.5 Å². The van der Waals surface area contributed by atoms with Crippen LogP contribution >= 0.6 is 23.2 Å². The number of aryl methyl sites for hydroxylation is 1. The molecule has 0 saturated carbocycles. The van der Waals surface area contributed by atoms with Crippen molar-refractivity contribution in [3.05, 3.63) is 127 Å². The first-order valence-corrected chi connectivity index (χ1v) is 20.9. The average Bonchev–Trinajstić information content (AvgIpc) is 3.75. The van der Waals surface area contributed by atoms with Gasteiger partial charge < -0.3 is 31.1 Å². The fourth-order valence-electron chi connectivity index (χ4n) is 7.78. The quantitative estimate of drug-likeness (QED) is 0.112. The Hall–Kier alpha value is -6.99. The molecule has 4 aromatic rings. The molecule has 338 valence electrons. The van der Waals surface area contributed by atoms with Crippen LogP contribution in [0.1, 0.15) is 79.8 Å². The number of hydrogen-bond acceptors (Lipinski definition) is 8. The molecule has 0 spiro atoms. The molecular formula is C44H39Cl2F3N8O8. The van der Waals surface area contributed by atoms with Crippen molar-refractivity contribution in [2.45, 2.75) is 77.0 Å². The van der Waals surface area contributed by atoms with Crippen molar-refractivity contribution in [2.75, 3.05) is 10.6 Å². The van der Waals surface area contributed by atoms with Crippen molar-refractivity contribution in [1.29, 1.82) is 0 Å². The summed E-state index contributed by atoms with van der Waals surface area (Å²) in [6.45, 7) is 2.11. The van der Waals surface area contributed by atoms with Crippen LogP contribution in [0.3, 0.4) is 0 Å². The van der Waals surface area contributed by atoms with E-state index in [0.29, 0.717) is 44.4 Å². The van der Waals surface area contributed by atoms with Gasteiger partial charge in [0, 0.05) is 60.9 Å². The minimum absolute atomic E-state index is 0.00913. The largest absolute Gasteiger partial charge is 0.416 e. The van der Waals surface area contributed by atoms with Crippen LogP contribution in [-0.2, 0) is 51.5 Å². The van der Waals surface area contributed by atoms with Gasteiger partial charge in [-0.15, -0.1) is 0 Å². The number of nitrogens with zero attached hydrogens (tertiary/aromatic N) is 2. The molecule has 2 saturated heterocycles. The van der Waals surface area contributed by atoms with Crippen molar-refractivity contribution < 1.29 is 51.5 Å². The Kier molecular flexibility index (Phi) is 13.5. The van der Waals surface area contributed by atoms with Gasteiger partial charge in [0.1, 0.15) is 12.1 Å². The standard InChI is InChI=1S/C23H21F3N4O4.C21H18Cl2N4O4/c1-12-2-4-15(9-17(12)23(24,25)26)28-22(34)27-10-13-3-5-16-14(8-13)11-30(21(16)33)18-6-7-19(31)29-20(18)32;22-13-2-4-15(23)16(8-13)25-21(31)24-9-11-1-3-14-12(7-11)10-27(20(14)30)17-5-6-18(28)26-19(17)29/h2-5,8-9,18H,6-7,10-11H2,1H3,(H2,27,28,34)(H,29,31,32);1-4,7-8,17H,5-6,9-10H2,(H2,24,25,31)(H,26,28,29). The van der Waals surface area contributed by atoms with Gasteiger partial charge in [-0.05, 0) is 90.0 Å². The van der Waals surface area contributed by atoms with Gasteiger partial charge in [-0.3, -0.25) is 39.4 Å². The van der Waals surface area contributed by atoms with Crippen molar-refractivity contribution in [2.24, 2.45) is 0 Å². The molecule has 0 aromatic heterocycles. The fourth-order valence-corrected chi connectivity index (χ4v) is 8.12. The lowest BCUT2D eigenvalue weighted by Crippen LogP contribution is -2.52. The molecule has 0 bridgehead atoms. The van der Waals surface area contributed by atoms with Crippen LogP contribution < -0.4 is 31.9 Å². The van der Waals surface area contributed by atoms with Crippen LogP contribution in [0.4, 0.5) is 34.1 Å². The minimum atomic E-state index is -4.53. The molecule has 0 radical (unpaired) electrons. The number of alkyl halides is 3. The number of carbonyl (C=O) groups is 8. The molecule has 21 heteroatoms. The Balaban J connectivity index is 0.000000195. The summed E-state index contributed by atoms with van der Waals surface area (Å²) in [6.07, 6.45) is -3.59. The lowest BCUT2D eigenvalue weighted by atomic mass is 10.0.